The predicted molar refractivity (Wildman–Crippen MR) is 99.0 cm³/mol. The molecular formula is C21H25N3O. The van der Waals surface area contributed by atoms with Gasteiger partial charge in [0.15, 0.2) is 0 Å². The second-order valence-electron chi connectivity index (χ2n) is 7.25. The van der Waals surface area contributed by atoms with Crippen molar-refractivity contribution in [3.63, 3.8) is 0 Å². The van der Waals surface area contributed by atoms with Crippen LogP contribution in [-0.4, -0.2) is 33.4 Å². The standard InChI is InChI=1S/C21H25N3O/c25-20(11-10-17-5-2-1-3-6-17)23-13-4-7-19(16-23)21-22-12-14-24(21)15-18-8-9-18/h1-3,5-6,10-12,14,18-19H,4,7-9,13,15-16H2/b11-10+/t19-/m0/s1. The van der Waals surface area contributed by atoms with Crippen LogP contribution in [0.5, 0.6) is 0 Å². The maximum Gasteiger partial charge on any atom is 0.246 e. The molecule has 1 aromatic carbocycles. The molecule has 2 fully saturated rings. The number of rotatable bonds is 5. The van der Waals surface area contributed by atoms with Crippen LogP contribution in [0, 0.1) is 5.92 Å². The largest absolute Gasteiger partial charge is 0.338 e. The molecule has 2 aromatic rings. The molecule has 1 atom stereocenters. The van der Waals surface area contributed by atoms with Crippen LogP contribution in [0.15, 0.2) is 48.8 Å². The molecule has 1 aliphatic carbocycles. The van der Waals surface area contributed by atoms with Crippen molar-refractivity contribution < 1.29 is 4.79 Å². The summed E-state index contributed by atoms with van der Waals surface area (Å²) in [5.41, 5.74) is 1.06. The number of aromatic nitrogens is 2. The van der Waals surface area contributed by atoms with E-state index < -0.39 is 0 Å². The van der Waals surface area contributed by atoms with Gasteiger partial charge >= 0.3 is 0 Å². The lowest BCUT2D eigenvalue weighted by molar-refractivity contribution is -0.127. The van der Waals surface area contributed by atoms with Crippen LogP contribution in [-0.2, 0) is 11.3 Å². The molecule has 1 saturated heterocycles. The van der Waals surface area contributed by atoms with E-state index in [1.807, 2.05) is 47.5 Å². The van der Waals surface area contributed by atoms with Crippen molar-refractivity contribution in [2.24, 2.45) is 5.92 Å². The van der Waals surface area contributed by atoms with Crippen LogP contribution in [0.2, 0.25) is 0 Å². The third-order valence-corrected chi connectivity index (χ3v) is 5.22. The van der Waals surface area contributed by atoms with Crippen LogP contribution >= 0.6 is 0 Å². The minimum Gasteiger partial charge on any atom is -0.338 e. The summed E-state index contributed by atoms with van der Waals surface area (Å²) in [7, 11) is 0. The first-order valence-electron chi connectivity index (χ1n) is 9.32. The van der Waals surface area contributed by atoms with Crippen molar-refractivity contribution in [1.29, 1.82) is 0 Å². The molecule has 0 spiro atoms. The van der Waals surface area contributed by atoms with Crippen LogP contribution in [0.4, 0.5) is 0 Å². The Morgan fingerprint density at radius 3 is 2.84 bits per heavy atom. The summed E-state index contributed by atoms with van der Waals surface area (Å²) < 4.78 is 2.32. The van der Waals surface area contributed by atoms with Crippen LogP contribution in [0.25, 0.3) is 6.08 Å². The average molecular weight is 335 g/mol. The first-order valence-corrected chi connectivity index (χ1v) is 9.32. The molecule has 4 rings (SSSR count). The van der Waals surface area contributed by atoms with Gasteiger partial charge in [-0.15, -0.1) is 0 Å². The molecule has 1 saturated carbocycles. The van der Waals surface area contributed by atoms with Gasteiger partial charge in [0.25, 0.3) is 0 Å². The van der Waals surface area contributed by atoms with Gasteiger partial charge in [-0.2, -0.15) is 0 Å². The fourth-order valence-corrected chi connectivity index (χ4v) is 3.64. The zero-order chi connectivity index (χ0) is 17.1. The summed E-state index contributed by atoms with van der Waals surface area (Å²) in [6, 6.07) is 9.98. The molecule has 4 nitrogen and oxygen atoms in total. The second kappa shape index (κ2) is 7.26. The predicted octanol–water partition coefficient (Wildman–Crippen LogP) is 3.71. The third-order valence-electron chi connectivity index (χ3n) is 5.22. The molecule has 2 heterocycles. The summed E-state index contributed by atoms with van der Waals surface area (Å²) in [5, 5.41) is 0. The van der Waals surface area contributed by atoms with E-state index in [9.17, 15) is 4.79 Å². The SMILES string of the molecule is O=C(/C=C/c1ccccc1)N1CCC[C@H](c2nccn2CC2CC2)C1. The monoisotopic (exact) mass is 335 g/mol. The second-order valence-corrected chi connectivity index (χ2v) is 7.25. The lowest BCUT2D eigenvalue weighted by Gasteiger charge is -2.32. The summed E-state index contributed by atoms with van der Waals surface area (Å²) in [6.45, 7) is 2.71. The topological polar surface area (TPSA) is 38.1 Å². The quantitative estimate of drug-likeness (QED) is 0.781. The van der Waals surface area contributed by atoms with Gasteiger partial charge < -0.3 is 9.47 Å². The highest BCUT2D eigenvalue weighted by Gasteiger charge is 2.28. The number of hydrogen-bond acceptors (Lipinski definition) is 2. The Kier molecular flexibility index (Phi) is 4.68. The van der Waals surface area contributed by atoms with E-state index in [-0.39, 0.29) is 5.91 Å². The molecule has 0 radical (unpaired) electrons. The summed E-state index contributed by atoms with van der Waals surface area (Å²) in [6.07, 6.45) is 12.5. The van der Waals surface area contributed by atoms with Crippen LogP contribution < -0.4 is 0 Å². The third kappa shape index (κ3) is 4.01. The van der Waals surface area contributed by atoms with E-state index in [4.69, 9.17) is 0 Å². The zero-order valence-corrected chi connectivity index (χ0v) is 14.6. The molecule has 25 heavy (non-hydrogen) atoms. The number of carbonyl (C=O) groups excluding carboxylic acids is 1. The first kappa shape index (κ1) is 16.1. The van der Waals surface area contributed by atoms with Crippen molar-refractivity contribution in [3.05, 3.63) is 60.2 Å². The van der Waals surface area contributed by atoms with E-state index in [1.54, 1.807) is 6.08 Å². The molecule has 0 N–H and O–H groups in total. The van der Waals surface area contributed by atoms with Gasteiger partial charge in [-0.1, -0.05) is 30.3 Å². The zero-order valence-electron chi connectivity index (χ0n) is 14.6. The van der Waals surface area contributed by atoms with Gasteiger partial charge in [-0.3, -0.25) is 4.79 Å². The highest BCUT2D eigenvalue weighted by molar-refractivity contribution is 5.91. The summed E-state index contributed by atoms with van der Waals surface area (Å²) >= 11 is 0. The van der Waals surface area contributed by atoms with Gasteiger partial charge in [0.1, 0.15) is 5.82 Å². The number of carbonyl (C=O) groups is 1. The molecule has 1 aliphatic heterocycles. The smallest absolute Gasteiger partial charge is 0.246 e. The van der Waals surface area contributed by atoms with E-state index in [0.29, 0.717) is 5.92 Å². The van der Waals surface area contributed by atoms with Crippen molar-refractivity contribution in [1.82, 2.24) is 14.5 Å². The number of hydrogen-bond donors (Lipinski definition) is 0. The van der Waals surface area contributed by atoms with Crippen molar-refractivity contribution >= 4 is 12.0 Å². The number of imidazole rings is 1. The molecule has 0 bridgehead atoms. The van der Waals surface area contributed by atoms with Gasteiger partial charge in [0.2, 0.25) is 5.91 Å². The number of nitrogens with zero attached hydrogens (tertiary/aromatic N) is 3. The molecule has 130 valence electrons. The maximum absolute atomic E-state index is 12.6. The van der Waals surface area contributed by atoms with Gasteiger partial charge in [-0.05, 0) is 43.2 Å². The minimum atomic E-state index is 0.105. The van der Waals surface area contributed by atoms with Crippen LogP contribution in [0.1, 0.15) is 43.0 Å². The summed E-state index contributed by atoms with van der Waals surface area (Å²) in [4.78, 5) is 19.2. The first-order chi connectivity index (χ1) is 12.3. The van der Waals surface area contributed by atoms with Crippen molar-refractivity contribution in [2.45, 2.75) is 38.1 Å². The fraction of sp³-hybridized carbons (Fsp3) is 0.429. The number of piperidine rings is 1. The Balaban J connectivity index is 1.41. The molecule has 2 aliphatic rings. The molecular weight excluding hydrogens is 310 g/mol. The van der Waals surface area contributed by atoms with E-state index in [1.165, 1.54) is 12.8 Å². The molecule has 4 heteroatoms. The number of amides is 1. The molecule has 0 unspecified atom stereocenters. The fourth-order valence-electron chi connectivity index (χ4n) is 3.64. The number of likely N-dealkylation sites (tertiary alicyclic amines) is 1. The van der Waals surface area contributed by atoms with Gasteiger partial charge in [0, 0.05) is 44.0 Å². The molecule has 1 aromatic heterocycles. The highest BCUT2D eigenvalue weighted by Crippen LogP contribution is 2.33. The lowest BCUT2D eigenvalue weighted by atomic mass is 9.97. The van der Waals surface area contributed by atoms with Crippen molar-refractivity contribution in [2.75, 3.05) is 13.1 Å². The van der Waals surface area contributed by atoms with E-state index in [0.717, 1.165) is 49.8 Å². The normalized spacial score (nSPS) is 21.0. The Bertz CT molecular complexity index is 746. The van der Waals surface area contributed by atoms with Gasteiger partial charge in [0.05, 0.1) is 0 Å². The Hall–Kier alpha value is -2.36. The Morgan fingerprint density at radius 2 is 2.04 bits per heavy atom. The highest BCUT2D eigenvalue weighted by atomic mass is 16.2. The molecule has 1 amide bonds. The minimum absolute atomic E-state index is 0.105. The number of benzene rings is 1. The summed E-state index contributed by atoms with van der Waals surface area (Å²) in [5.74, 6) is 2.46. The Labute approximate surface area is 149 Å². The Morgan fingerprint density at radius 1 is 1.20 bits per heavy atom. The van der Waals surface area contributed by atoms with Crippen molar-refractivity contribution in [3.8, 4) is 0 Å². The van der Waals surface area contributed by atoms with Crippen LogP contribution in [0.3, 0.4) is 0 Å². The van der Waals surface area contributed by atoms with Gasteiger partial charge in [-0.25, -0.2) is 4.98 Å². The lowest BCUT2D eigenvalue weighted by Crippen LogP contribution is -2.38. The average Bonchev–Trinajstić information content (AvgIpc) is 3.35. The maximum atomic E-state index is 12.6. The van der Waals surface area contributed by atoms with E-state index in [2.05, 4.69) is 15.7 Å². The van der Waals surface area contributed by atoms with E-state index >= 15 is 0 Å².